The third-order valence-electron chi connectivity index (χ3n) is 5.31. The van der Waals surface area contributed by atoms with E-state index in [1.807, 2.05) is 50.2 Å². The molecule has 0 radical (unpaired) electrons. The lowest BCUT2D eigenvalue weighted by Crippen LogP contribution is -2.12. The van der Waals surface area contributed by atoms with Crippen molar-refractivity contribution >= 4 is 22.6 Å². The van der Waals surface area contributed by atoms with Crippen LogP contribution in [0.2, 0.25) is 0 Å². The summed E-state index contributed by atoms with van der Waals surface area (Å²) in [4.78, 5) is 12.6. The van der Waals surface area contributed by atoms with Crippen LogP contribution in [0.4, 0.5) is 5.82 Å². The van der Waals surface area contributed by atoms with Crippen LogP contribution in [0.5, 0.6) is 5.75 Å². The number of hydrogen-bond donors (Lipinski definition) is 2. The molecule has 4 rings (SSSR count). The van der Waals surface area contributed by atoms with E-state index in [0.29, 0.717) is 11.4 Å². The fourth-order valence-corrected chi connectivity index (χ4v) is 3.59. The van der Waals surface area contributed by atoms with Gasteiger partial charge in [-0.15, -0.1) is 0 Å². The zero-order valence-corrected chi connectivity index (χ0v) is 17.0. The molecule has 2 N–H and O–H groups in total. The Morgan fingerprint density at radius 2 is 1.97 bits per heavy atom. The summed E-state index contributed by atoms with van der Waals surface area (Å²) in [6.07, 6.45) is 0. The summed E-state index contributed by atoms with van der Waals surface area (Å²) in [5.74, 6) is 1.14. The Morgan fingerprint density at radius 1 is 1.14 bits per heavy atom. The van der Waals surface area contributed by atoms with E-state index in [1.54, 1.807) is 7.11 Å². The van der Waals surface area contributed by atoms with Gasteiger partial charge in [0, 0.05) is 23.6 Å². The van der Waals surface area contributed by atoms with Gasteiger partial charge in [0.15, 0.2) is 5.82 Å². The number of H-pyrrole nitrogens is 1. The number of carbonyl (C=O) groups excluding carboxylic acids is 1. The van der Waals surface area contributed by atoms with Crippen molar-refractivity contribution in [3.63, 3.8) is 0 Å². The molecular formula is C23H24N4O2. The molecule has 0 saturated heterocycles. The van der Waals surface area contributed by atoms with Crippen molar-refractivity contribution in [2.24, 2.45) is 0 Å². The van der Waals surface area contributed by atoms with Crippen molar-refractivity contribution in [1.82, 2.24) is 14.8 Å². The number of aromatic nitrogens is 3. The predicted molar refractivity (Wildman–Crippen MR) is 116 cm³/mol. The van der Waals surface area contributed by atoms with Crippen molar-refractivity contribution in [2.45, 2.75) is 27.3 Å². The number of benzene rings is 2. The Bertz CT molecular complexity index is 1200. The van der Waals surface area contributed by atoms with Crippen LogP contribution in [0.3, 0.4) is 0 Å². The Kier molecular flexibility index (Phi) is 4.84. The zero-order chi connectivity index (χ0) is 20.5. The lowest BCUT2D eigenvalue weighted by atomic mass is 10.1. The molecule has 0 unspecified atom stereocenters. The average Bonchev–Trinajstić information content (AvgIpc) is 3.33. The normalized spacial score (nSPS) is 11.0. The summed E-state index contributed by atoms with van der Waals surface area (Å²) in [5, 5.41) is 11.2. The average molecular weight is 388 g/mol. The highest BCUT2D eigenvalue weighted by Gasteiger charge is 2.16. The summed E-state index contributed by atoms with van der Waals surface area (Å²) in [7, 11) is 1.67. The monoisotopic (exact) mass is 388 g/mol. The predicted octanol–water partition coefficient (Wildman–Crippen LogP) is 4.93. The maximum Gasteiger partial charge on any atom is 0.256 e. The molecule has 0 saturated carbocycles. The van der Waals surface area contributed by atoms with Crippen molar-refractivity contribution in [3.05, 3.63) is 65.2 Å². The number of ether oxygens (including phenoxy) is 1. The molecular weight excluding hydrogens is 364 g/mol. The molecule has 29 heavy (non-hydrogen) atoms. The van der Waals surface area contributed by atoms with Crippen LogP contribution < -0.4 is 10.1 Å². The highest BCUT2D eigenvalue weighted by molar-refractivity contribution is 6.04. The minimum Gasteiger partial charge on any atom is -0.496 e. The summed E-state index contributed by atoms with van der Waals surface area (Å²) in [5.41, 5.74) is 5.78. The summed E-state index contributed by atoms with van der Waals surface area (Å²) in [6, 6.07) is 15.6. The molecule has 2 aromatic heterocycles. The van der Waals surface area contributed by atoms with Gasteiger partial charge in [0.05, 0.1) is 24.0 Å². The van der Waals surface area contributed by atoms with E-state index in [4.69, 9.17) is 4.74 Å². The number of hydrogen-bond acceptors (Lipinski definition) is 3. The van der Waals surface area contributed by atoms with Gasteiger partial charge in [-0.2, -0.15) is 5.10 Å². The van der Waals surface area contributed by atoms with Crippen LogP contribution in [0, 0.1) is 13.8 Å². The zero-order valence-electron chi connectivity index (χ0n) is 17.0. The van der Waals surface area contributed by atoms with Gasteiger partial charge in [0.2, 0.25) is 0 Å². The van der Waals surface area contributed by atoms with Crippen molar-refractivity contribution < 1.29 is 9.53 Å². The molecule has 0 spiro atoms. The molecule has 0 aliphatic heterocycles. The molecule has 0 atom stereocenters. The minimum absolute atomic E-state index is 0.177. The molecule has 4 aromatic rings. The highest BCUT2D eigenvalue weighted by Crippen LogP contribution is 2.33. The van der Waals surface area contributed by atoms with Gasteiger partial charge < -0.3 is 14.6 Å². The maximum atomic E-state index is 12.6. The van der Waals surface area contributed by atoms with Gasteiger partial charge in [-0.3, -0.25) is 9.89 Å². The van der Waals surface area contributed by atoms with E-state index in [1.165, 1.54) is 0 Å². The molecule has 2 aromatic carbocycles. The topological polar surface area (TPSA) is 71.9 Å². The second kappa shape index (κ2) is 7.47. The van der Waals surface area contributed by atoms with Gasteiger partial charge in [0.1, 0.15) is 5.75 Å². The summed E-state index contributed by atoms with van der Waals surface area (Å²) in [6.45, 7) is 6.92. The van der Waals surface area contributed by atoms with E-state index < -0.39 is 0 Å². The van der Waals surface area contributed by atoms with Gasteiger partial charge >= 0.3 is 0 Å². The number of methoxy groups -OCH3 is 1. The molecule has 0 fully saturated rings. The lowest BCUT2D eigenvalue weighted by Gasteiger charge is -2.06. The number of fused-ring (bicyclic) bond motifs is 1. The highest BCUT2D eigenvalue weighted by atomic mass is 16.5. The van der Waals surface area contributed by atoms with Crippen molar-refractivity contribution in [2.75, 3.05) is 12.4 Å². The Labute approximate surface area is 169 Å². The first-order valence-corrected chi connectivity index (χ1v) is 9.62. The van der Waals surface area contributed by atoms with Crippen molar-refractivity contribution in [3.8, 4) is 17.1 Å². The number of anilines is 1. The second-order valence-corrected chi connectivity index (χ2v) is 7.09. The van der Waals surface area contributed by atoms with Gasteiger partial charge in [-0.05, 0) is 62.2 Å². The van der Waals surface area contributed by atoms with E-state index >= 15 is 0 Å². The Balaban J connectivity index is 1.65. The SMILES string of the molecule is CCn1c(-c2cc(NC(=O)c3ccc(C)c(C)c3)n[nH]2)cc2c(OC)cccc21. The van der Waals surface area contributed by atoms with E-state index in [-0.39, 0.29) is 5.91 Å². The minimum atomic E-state index is -0.177. The van der Waals surface area contributed by atoms with Gasteiger partial charge in [0.25, 0.3) is 5.91 Å². The van der Waals surface area contributed by atoms with Crippen LogP contribution in [0.1, 0.15) is 28.4 Å². The lowest BCUT2D eigenvalue weighted by molar-refractivity contribution is 0.102. The fraction of sp³-hybridized carbons (Fsp3) is 0.217. The van der Waals surface area contributed by atoms with Gasteiger partial charge in [-0.25, -0.2) is 0 Å². The van der Waals surface area contributed by atoms with Crippen LogP contribution in [0.25, 0.3) is 22.3 Å². The van der Waals surface area contributed by atoms with E-state index in [0.717, 1.165) is 45.7 Å². The standard InChI is InChI=1S/C23H24N4O2/c1-5-27-19-7-6-8-21(29-4)17(19)12-20(27)18-13-22(26-25-18)24-23(28)16-10-9-14(2)15(3)11-16/h6-13H,5H2,1-4H3,(H2,24,25,26,28). The Morgan fingerprint density at radius 3 is 2.69 bits per heavy atom. The quantitative estimate of drug-likeness (QED) is 0.509. The molecule has 0 aliphatic carbocycles. The largest absolute Gasteiger partial charge is 0.496 e. The molecule has 6 nitrogen and oxygen atoms in total. The van der Waals surface area contributed by atoms with Crippen molar-refractivity contribution in [1.29, 1.82) is 0 Å². The second-order valence-electron chi connectivity index (χ2n) is 7.09. The number of aryl methyl sites for hydroxylation is 3. The van der Waals surface area contributed by atoms with Crippen LogP contribution in [-0.2, 0) is 6.54 Å². The third-order valence-corrected chi connectivity index (χ3v) is 5.31. The third kappa shape index (κ3) is 3.38. The number of carbonyl (C=O) groups is 1. The number of nitrogens with one attached hydrogen (secondary N) is 2. The molecule has 1 amide bonds. The fourth-order valence-electron chi connectivity index (χ4n) is 3.59. The number of rotatable bonds is 5. The van der Waals surface area contributed by atoms with Crippen LogP contribution in [-0.4, -0.2) is 27.8 Å². The summed E-state index contributed by atoms with van der Waals surface area (Å²) >= 11 is 0. The first-order chi connectivity index (χ1) is 14.0. The van der Waals surface area contributed by atoms with Crippen LogP contribution in [0.15, 0.2) is 48.5 Å². The number of aromatic amines is 1. The molecule has 0 bridgehead atoms. The smallest absolute Gasteiger partial charge is 0.256 e. The molecule has 0 aliphatic rings. The first kappa shape index (κ1) is 18.8. The Hall–Kier alpha value is -3.54. The number of amides is 1. The molecule has 148 valence electrons. The van der Waals surface area contributed by atoms with E-state index in [2.05, 4.69) is 39.1 Å². The van der Waals surface area contributed by atoms with Gasteiger partial charge in [-0.1, -0.05) is 12.1 Å². The van der Waals surface area contributed by atoms with E-state index in [9.17, 15) is 4.79 Å². The maximum absolute atomic E-state index is 12.6. The van der Waals surface area contributed by atoms with Crippen LogP contribution >= 0.6 is 0 Å². The summed E-state index contributed by atoms with van der Waals surface area (Å²) < 4.78 is 7.70. The number of nitrogens with zero attached hydrogens (tertiary/aromatic N) is 2. The molecule has 6 heteroatoms. The first-order valence-electron chi connectivity index (χ1n) is 9.62. The molecule has 2 heterocycles.